The molecule has 1 aliphatic carbocycles. The van der Waals surface area contributed by atoms with E-state index in [1.165, 1.54) is 6.42 Å². The van der Waals surface area contributed by atoms with Crippen molar-refractivity contribution in [2.75, 3.05) is 26.7 Å². The first kappa shape index (κ1) is 15.1. The van der Waals surface area contributed by atoms with Crippen LogP contribution < -0.4 is 10.6 Å². The van der Waals surface area contributed by atoms with Crippen LogP contribution in [0.3, 0.4) is 0 Å². The van der Waals surface area contributed by atoms with Crippen molar-refractivity contribution in [1.29, 1.82) is 0 Å². The second-order valence-corrected chi connectivity index (χ2v) is 6.17. The van der Waals surface area contributed by atoms with E-state index < -0.39 is 5.97 Å². The summed E-state index contributed by atoms with van der Waals surface area (Å²) in [6, 6.07) is -0.446. The molecule has 2 rings (SSSR count). The number of carboxylic acids is 1. The molecule has 0 aromatic rings. The van der Waals surface area contributed by atoms with Gasteiger partial charge in [0.15, 0.2) is 0 Å². The van der Waals surface area contributed by atoms with Crippen molar-refractivity contribution in [2.45, 2.75) is 38.1 Å². The Kier molecular flexibility index (Phi) is 5.23. The van der Waals surface area contributed by atoms with Crippen LogP contribution in [-0.4, -0.2) is 54.7 Å². The second kappa shape index (κ2) is 6.92. The number of carboxylic acid groups (broad SMARTS) is 1. The number of hydrogen-bond donors (Lipinski definition) is 3. The molecule has 0 spiro atoms. The van der Waals surface area contributed by atoms with Crippen LogP contribution in [0.15, 0.2) is 0 Å². The standard InChI is InChI=1S/C14H25N3O3/c1-17-6-2-3-10(9-17)8-15-14(20)16-12(7-13(18)19)11-4-5-11/h10-12H,2-9H2,1H3,(H,18,19)(H2,15,16,20). The molecule has 1 heterocycles. The van der Waals surface area contributed by atoms with Gasteiger partial charge >= 0.3 is 12.0 Å². The van der Waals surface area contributed by atoms with Gasteiger partial charge < -0.3 is 20.6 Å². The zero-order chi connectivity index (χ0) is 14.5. The lowest BCUT2D eigenvalue weighted by Gasteiger charge is -2.29. The summed E-state index contributed by atoms with van der Waals surface area (Å²) >= 11 is 0. The fourth-order valence-corrected chi connectivity index (χ4v) is 2.92. The fourth-order valence-electron chi connectivity index (χ4n) is 2.92. The Balaban J connectivity index is 1.69. The van der Waals surface area contributed by atoms with Gasteiger partial charge in [-0.1, -0.05) is 0 Å². The summed E-state index contributed by atoms with van der Waals surface area (Å²) in [5.41, 5.74) is 0. The van der Waals surface area contributed by atoms with E-state index in [2.05, 4.69) is 22.6 Å². The maximum absolute atomic E-state index is 11.9. The number of rotatable bonds is 6. The molecule has 2 unspecified atom stereocenters. The zero-order valence-corrected chi connectivity index (χ0v) is 12.1. The van der Waals surface area contributed by atoms with Crippen LogP contribution in [0.4, 0.5) is 4.79 Å². The van der Waals surface area contributed by atoms with Crippen molar-refractivity contribution < 1.29 is 14.7 Å². The highest BCUT2D eigenvalue weighted by atomic mass is 16.4. The van der Waals surface area contributed by atoms with Crippen molar-refractivity contribution in [3.8, 4) is 0 Å². The second-order valence-electron chi connectivity index (χ2n) is 6.17. The van der Waals surface area contributed by atoms with Gasteiger partial charge in [0, 0.05) is 19.1 Å². The van der Waals surface area contributed by atoms with Gasteiger partial charge in [-0.15, -0.1) is 0 Å². The zero-order valence-electron chi connectivity index (χ0n) is 12.1. The van der Waals surface area contributed by atoms with Gasteiger partial charge in [0.1, 0.15) is 0 Å². The minimum absolute atomic E-state index is 0.0181. The van der Waals surface area contributed by atoms with E-state index >= 15 is 0 Å². The highest BCUT2D eigenvalue weighted by Gasteiger charge is 2.33. The van der Waals surface area contributed by atoms with Gasteiger partial charge in [-0.3, -0.25) is 4.79 Å². The lowest BCUT2D eigenvalue weighted by molar-refractivity contribution is -0.137. The van der Waals surface area contributed by atoms with Gasteiger partial charge in [-0.05, 0) is 51.1 Å². The first-order chi connectivity index (χ1) is 9.54. The normalized spacial score (nSPS) is 24.9. The van der Waals surface area contributed by atoms with Crippen LogP contribution in [0.2, 0.25) is 0 Å². The number of carbonyl (C=O) groups is 2. The van der Waals surface area contributed by atoms with Gasteiger partial charge in [-0.25, -0.2) is 4.79 Å². The van der Waals surface area contributed by atoms with Crippen molar-refractivity contribution in [1.82, 2.24) is 15.5 Å². The SMILES string of the molecule is CN1CCCC(CNC(=O)NC(CC(=O)O)C2CC2)C1. The van der Waals surface area contributed by atoms with Crippen LogP contribution in [0.5, 0.6) is 0 Å². The number of piperidine rings is 1. The first-order valence-corrected chi connectivity index (χ1v) is 7.49. The summed E-state index contributed by atoms with van der Waals surface area (Å²) < 4.78 is 0. The summed E-state index contributed by atoms with van der Waals surface area (Å²) in [5.74, 6) is -0.00730. The molecule has 0 radical (unpaired) electrons. The predicted octanol–water partition coefficient (Wildman–Crippen LogP) is 0.881. The van der Waals surface area contributed by atoms with E-state index in [-0.39, 0.29) is 18.5 Å². The third kappa shape index (κ3) is 5.00. The van der Waals surface area contributed by atoms with E-state index in [1.807, 2.05) is 0 Å². The third-order valence-corrected chi connectivity index (χ3v) is 4.18. The molecule has 0 aromatic carbocycles. The number of nitrogens with one attached hydrogen (secondary N) is 2. The van der Waals surface area contributed by atoms with Gasteiger partial charge in [0.05, 0.1) is 6.42 Å². The Morgan fingerprint density at radius 1 is 1.35 bits per heavy atom. The number of nitrogens with zero attached hydrogens (tertiary/aromatic N) is 1. The molecule has 6 nitrogen and oxygen atoms in total. The minimum atomic E-state index is -0.851. The minimum Gasteiger partial charge on any atom is -0.481 e. The van der Waals surface area contributed by atoms with Gasteiger partial charge in [0.25, 0.3) is 0 Å². The van der Waals surface area contributed by atoms with Crippen LogP contribution >= 0.6 is 0 Å². The molecular formula is C14H25N3O3. The highest BCUT2D eigenvalue weighted by Crippen LogP contribution is 2.33. The highest BCUT2D eigenvalue weighted by molar-refractivity contribution is 5.75. The quantitative estimate of drug-likeness (QED) is 0.676. The Morgan fingerprint density at radius 3 is 2.70 bits per heavy atom. The van der Waals surface area contributed by atoms with Crippen LogP contribution in [-0.2, 0) is 4.79 Å². The maximum Gasteiger partial charge on any atom is 0.315 e. The first-order valence-electron chi connectivity index (χ1n) is 7.49. The summed E-state index contributed by atoms with van der Waals surface area (Å²) in [6.45, 7) is 2.81. The molecule has 114 valence electrons. The van der Waals surface area contributed by atoms with Gasteiger partial charge in [0.2, 0.25) is 0 Å². The summed E-state index contributed by atoms with van der Waals surface area (Å²) in [5, 5.41) is 14.6. The van der Waals surface area contributed by atoms with Gasteiger partial charge in [-0.2, -0.15) is 0 Å². The molecule has 3 N–H and O–H groups in total. The van der Waals surface area contributed by atoms with Crippen LogP contribution in [0, 0.1) is 11.8 Å². The topological polar surface area (TPSA) is 81.7 Å². The molecular weight excluding hydrogens is 258 g/mol. The summed E-state index contributed by atoms with van der Waals surface area (Å²) in [4.78, 5) is 24.9. The monoisotopic (exact) mass is 283 g/mol. The Hall–Kier alpha value is -1.30. The summed E-state index contributed by atoms with van der Waals surface area (Å²) in [7, 11) is 2.10. The maximum atomic E-state index is 11.9. The summed E-state index contributed by atoms with van der Waals surface area (Å²) in [6.07, 6.45) is 4.38. The smallest absolute Gasteiger partial charge is 0.315 e. The molecule has 1 aliphatic heterocycles. The number of hydrogen-bond acceptors (Lipinski definition) is 3. The van der Waals surface area contributed by atoms with Crippen molar-refractivity contribution in [3.05, 3.63) is 0 Å². The van der Waals surface area contributed by atoms with Crippen LogP contribution in [0.25, 0.3) is 0 Å². The molecule has 2 atom stereocenters. The van der Waals surface area contributed by atoms with E-state index in [0.29, 0.717) is 18.4 Å². The van der Waals surface area contributed by atoms with Crippen LogP contribution in [0.1, 0.15) is 32.1 Å². The largest absolute Gasteiger partial charge is 0.481 e. The Labute approximate surface area is 119 Å². The molecule has 20 heavy (non-hydrogen) atoms. The molecule has 6 heteroatoms. The number of amides is 2. The van der Waals surface area contributed by atoms with E-state index in [4.69, 9.17) is 5.11 Å². The number of aliphatic carboxylic acids is 1. The lowest BCUT2D eigenvalue weighted by atomic mass is 9.98. The average Bonchev–Trinajstić information content (AvgIpc) is 3.19. The van der Waals surface area contributed by atoms with E-state index in [1.54, 1.807) is 0 Å². The van der Waals surface area contributed by atoms with Crippen molar-refractivity contribution in [2.24, 2.45) is 11.8 Å². The third-order valence-electron chi connectivity index (χ3n) is 4.18. The lowest BCUT2D eigenvalue weighted by Crippen LogP contribution is -2.47. The molecule has 2 amide bonds. The molecule has 1 saturated heterocycles. The molecule has 2 fully saturated rings. The predicted molar refractivity (Wildman–Crippen MR) is 75.5 cm³/mol. The van der Waals surface area contributed by atoms with E-state index in [0.717, 1.165) is 32.4 Å². The molecule has 2 aliphatic rings. The number of urea groups is 1. The number of likely N-dealkylation sites (tertiary alicyclic amines) is 1. The molecule has 1 saturated carbocycles. The Bertz CT molecular complexity index is 358. The molecule has 0 bridgehead atoms. The molecule has 0 aromatic heterocycles. The number of carbonyl (C=O) groups excluding carboxylic acids is 1. The van der Waals surface area contributed by atoms with E-state index in [9.17, 15) is 9.59 Å². The van der Waals surface area contributed by atoms with Crippen molar-refractivity contribution >= 4 is 12.0 Å². The van der Waals surface area contributed by atoms with Crippen molar-refractivity contribution in [3.63, 3.8) is 0 Å². The Morgan fingerprint density at radius 2 is 2.10 bits per heavy atom. The fraction of sp³-hybridized carbons (Fsp3) is 0.857. The average molecular weight is 283 g/mol.